The van der Waals surface area contributed by atoms with Gasteiger partial charge >= 0.3 is 5.97 Å². The van der Waals surface area contributed by atoms with Crippen molar-refractivity contribution < 1.29 is 19.1 Å². The van der Waals surface area contributed by atoms with Gasteiger partial charge in [-0.05, 0) is 28.7 Å². The van der Waals surface area contributed by atoms with Crippen molar-refractivity contribution in [1.82, 2.24) is 0 Å². The van der Waals surface area contributed by atoms with Gasteiger partial charge < -0.3 is 9.47 Å². The Labute approximate surface area is 154 Å². The highest BCUT2D eigenvalue weighted by molar-refractivity contribution is 5.79. The van der Waals surface area contributed by atoms with Gasteiger partial charge in [0.2, 0.25) is 0 Å². The third kappa shape index (κ3) is 3.96. The SMILES string of the molecule is CCCC[C@H](CC(=O)OCC1c2ccccc2-c2ccccc21)OC=O. The molecule has 1 aliphatic carbocycles. The van der Waals surface area contributed by atoms with Gasteiger partial charge in [0.1, 0.15) is 12.7 Å². The molecule has 4 nitrogen and oxygen atoms in total. The Morgan fingerprint density at radius 2 is 1.69 bits per heavy atom. The van der Waals surface area contributed by atoms with E-state index in [1.54, 1.807) is 0 Å². The lowest BCUT2D eigenvalue weighted by Crippen LogP contribution is -2.21. The highest BCUT2D eigenvalue weighted by Crippen LogP contribution is 2.44. The Morgan fingerprint density at radius 1 is 1.08 bits per heavy atom. The molecule has 2 aromatic rings. The van der Waals surface area contributed by atoms with E-state index in [1.165, 1.54) is 22.3 Å². The van der Waals surface area contributed by atoms with Crippen LogP contribution < -0.4 is 0 Å². The fraction of sp³-hybridized carbons (Fsp3) is 0.364. The maximum atomic E-state index is 12.3. The van der Waals surface area contributed by atoms with E-state index in [0.29, 0.717) is 19.5 Å². The predicted molar refractivity (Wildman–Crippen MR) is 99.8 cm³/mol. The zero-order valence-electron chi connectivity index (χ0n) is 15.0. The van der Waals surface area contributed by atoms with E-state index in [-0.39, 0.29) is 18.3 Å². The monoisotopic (exact) mass is 352 g/mol. The molecule has 26 heavy (non-hydrogen) atoms. The van der Waals surface area contributed by atoms with Crippen molar-refractivity contribution in [2.24, 2.45) is 0 Å². The molecule has 0 N–H and O–H groups in total. The molecule has 0 heterocycles. The fourth-order valence-corrected chi connectivity index (χ4v) is 3.59. The molecule has 0 fully saturated rings. The molecule has 3 rings (SSSR count). The van der Waals surface area contributed by atoms with Crippen LogP contribution in [0.15, 0.2) is 48.5 Å². The zero-order valence-corrected chi connectivity index (χ0v) is 15.0. The first-order valence-electron chi connectivity index (χ1n) is 9.17. The number of ether oxygens (including phenoxy) is 2. The molecule has 0 aromatic heterocycles. The van der Waals surface area contributed by atoms with Crippen molar-refractivity contribution in [2.45, 2.75) is 44.6 Å². The van der Waals surface area contributed by atoms with Crippen LogP contribution in [0, 0.1) is 0 Å². The number of carbonyl (C=O) groups excluding carboxylic acids is 2. The summed E-state index contributed by atoms with van der Waals surface area (Å²) in [7, 11) is 0. The summed E-state index contributed by atoms with van der Waals surface area (Å²) in [5.41, 5.74) is 4.78. The molecule has 136 valence electrons. The Bertz CT molecular complexity index is 723. The average molecular weight is 352 g/mol. The van der Waals surface area contributed by atoms with E-state index in [2.05, 4.69) is 31.2 Å². The maximum Gasteiger partial charge on any atom is 0.309 e. The summed E-state index contributed by atoms with van der Waals surface area (Å²) in [6.07, 6.45) is 2.29. The number of carbonyl (C=O) groups is 2. The minimum absolute atomic E-state index is 0.0485. The molecule has 0 aliphatic heterocycles. The smallest absolute Gasteiger partial charge is 0.309 e. The molecule has 1 atom stereocenters. The molecular formula is C22H24O4. The Balaban J connectivity index is 1.66. The van der Waals surface area contributed by atoms with Crippen molar-refractivity contribution in [2.75, 3.05) is 6.61 Å². The van der Waals surface area contributed by atoms with Crippen LogP contribution in [0.4, 0.5) is 0 Å². The third-order valence-corrected chi connectivity index (χ3v) is 4.90. The molecule has 0 spiro atoms. The van der Waals surface area contributed by atoms with Gasteiger partial charge in [-0.25, -0.2) is 0 Å². The first kappa shape index (κ1) is 18.2. The van der Waals surface area contributed by atoms with Crippen LogP contribution in [0.2, 0.25) is 0 Å². The zero-order chi connectivity index (χ0) is 18.4. The molecular weight excluding hydrogens is 328 g/mol. The summed E-state index contributed by atoms with van der Waals surface area (Å²) in [5.74, 6) is -0.276. The molecule has 0 unspecified atom stereocenters. The normalized spacial score (nSPS) is 13.6. The summed E-state index contributed by atoms with van der Waals surface area (Å²) < 4.78 is 10.6. The van der Waals surface area contributed by atoms with Gasteiger partial charge in [0, 0.05) is 5.92 Å². The molecule has 2 aromatic carbocycles. The Morgan fingerprint density at radius 3 is 2.27 bits per heavy atom. The van der Waals surface area contributed by atoms with Crippen LogP contribution in [0.25, 0.3) is 11.1 Å². The lowest BCUT2D eigenvalue weighted by molar-refractivity contribution is -0.149. The summed E-state index contributed by atoms with van der Waals surface area (Å²) in [4.78, 5) is 22.9. The second-order valence-electron chi connectivity index (χ2n) is 6.61. The maximum absolute atomic E-state index is 12.3. The van der Waals surface area contributed by atoms with E-state index in [0.717, 1.165) is 12.8 Å². The lowest BCUT2D eigenvalue weighted by atomic mass is 9.98. The average Bonchev–Trinajstić information content (AvgIpc) is 2.98. The number of rotatable bonds is 9. The van der Waals surface area contributed by atoms with Crippen LogP contribution in [0.5, 0.6) is 0 Å². The molecule has 4 heteroatoms. The number of esters is 1. The van der Waals surface area contributed by atoms with Crippen molar-refractivity contribution in [3.05, 3.63) is 59.7 Å². The summed E-state index contributed by atoms with van der Waals surface area (Å²) in [5, 5.41) is 0. The van der Waals surface area contributed by atoms with Gasteiger partial charge in [-0.2, -0.15) is 0 Å². The first-order chi connectivity index (χ1) is 12.7. The van der Waals surface area contributed by atoms with E-state index in [9.17, 15) is 9.59 Å². The minimum atomic E-state index is -0.400. The van der Waals surface area contributed by atoms with Gasteiger partial charge in [0.25, 0.3) is 6.47 Å². The number of fused-ring (bicyclic) bond motifs is 3. The van der Waals surface area contributed by atoms with Crippen molar-refractivity contribution in [3.8, 4) is 11.1 Å². The Hall–Kier alpha value is -2.62. The van der Waals surface area contributed by atoms with Gasteiger partial charge in [0.05, 0.1) is 6.42 Å². The first-order valence-corrected chi connectivity index (χ1v) is 9.17. The van der Waals surface area contributed by atoms with Crippen molar-refractivity contribution in [3.63, 3.8) is 0 Å². The van der Waals surface area contributed by atoms with Crippen LogP contribution in [0.1, 0.15) is 49.7 Å². The fourth-order valence-electron chi connectivity index (χ4n) is 3.59. The number of benzene rings is 2. The van der Waals surface area contributed by atoms with E-state index in [4.69, 9.17) is 9.47 Å². The van der Waals surface area contributed by atoms with Crippen LogP contribution in [0.3, 0.4) is 0 Å². The second kappa shape index (κ2) is 8.65. The Kier molecular flexibility index (Phi) is 6.05. The van der Waals surface area contributed by atoms with Crippen LogP contribution in [-0.2, 0) is 19.1 Å². The number of hydrogen-bond acceptors (Lipinski definition) is 4. The highest BCUT2D eigenvalue weighted by Gasteiger charge is 2.29. The topological polar surface area (TPSA) is 52.6 Å². The molecule has 0 saturated carbocycles. The molecule has 0 radical (unpaired) electrons. The minimum Gasteiger partial charge on any atom is -0.465 e. The highest BCUT2D eigenvalue weighted by atomic mass is 16.5. The molecule has 0 amide bonds. The summed E-state index contributed by atoms with van der Waals surface area (Å²) in [6.45, 7) is 2.77. The van der Waals surface area contributed by atoms with Gasteiger partial charge in [-0.1, -0.05) is 68.3 Å². The number of unbranched alkanes of at least 4 members (excludes halogenated alkanes) is 1. The summed E-state index contributed by atoms with van der Waals surface area (Å²) >= 11 is 0. The predicted octanol–water partition coefficient (Wildman–Crippen LogP) is 4.46. The van der Waals surface area contributed by atoms with Gasteiger partial charge in [-0.15, -0.1) is 0 Å². The molecule has 0 bridgehead atoms. The lowest BCUT2D eigenvalue weighted by Gasteiger charge is -2.17. The van der Waals surface area contributed by atoms with Crippen molar-refractivity contribution >= 4 is 12.4 Å². The molecule has 1 aliphatic rings. The second-order valence-corrected chi connectivity index (χ2v) is 6.61. The summed E-state index contributed by atoms with van der Waals surface area (Å²) in [6, 6.07) is 16.5. The molecule has 0 saturated heterocycles. The van der Waals surface area contributed by atoms with Crippen LogP contribution >= 0.6 is 0 Å². The van der Waals surface area contributed by atoms with Gasteiger partial charge in [0.15, 0.2) is 0 Å². The largest absolute Gasteiger partial charge is 0.465 e. The quantitative estimate of drug-likeness (QED) is 0.494. The van der Waals surface area contributed by atoms with Gasteiger partial charge in [-0.3, -0.25) is 9.59 Å². The number of hydrogen-bond donors (Lipinski definition) is 0. The standard InChI is InChI=1S/C22H24O4/c1-2-3-8-16(26-15-23)13-22(24)25-14-21-19-11-6-4-9-17(19)18-10-5-7-12-20(18)21/h4-7,9-12,15-16,21H,2-3,8,13-14H2,1H3/t16-/m1/s1. The van der Waals surface area contributed by atoms with E-state index in [1.807, 2.05) is 24.3 Å². The van der Waals surface area contributed by atoms with Crippen molar-refractivity contribution in [1.29, 1.82) is 0 Å². The van der Waals surface area contributed by atoms with E-state index >= 15 is 0 Å². The van der Waals surface area contributed by atoms with E-state index < -0.39 is 6.10 Å². The third-order valence-electron chi connectivity index (χ3n) is 4.90. The van der Waals surface area contributed by atoms with Crippen LogP contribution in [-0.4, -0.2) is 25.2 Å².